The molecule has 7 heteroatoms. The first-order valence-corrected chi connectivity index (χ1v) is 10.4. The summed E-state index contributed by atoms with van der Waals surface area (Å²) in [6, 6.07) is 19.5. The molecule has 0 fully saturated rings. The lowest BCUT2D eigenvalue weighted by atomic mass is 10.1. The van der Waals surface area contributed by atoms with Gasteiger partial charge in [0, 0.05) is 17.2 Å². The minimum atomic E-state index is -3.69. The van der Waals surface area contributed by atoms with Crippen LogP contribution in [0.15, 0.2) is 76.1 Å². The van der Waals surface area contributed by atoms with Gasteiger partial charge in [0.05, 0.1) is 4.90 Å². The highest BCUT2D eigenvalue weighted by Crippen LogP contribution is 2.24. The van der Waals surface area contributed by atoms with Crippen molar-refractivity contribution in [1.29, 1.82) is 0 Å². The van der Waals surface area contributed by atoms with E-state index in [9.17, 15) is 8.42 Å². The Kier molecular flexibility index (Phi) is 4.60. The number of hydrogen-bond donors (Lipinski definition) is 1. The van der Waals surface area contributed by atoms with Crippen LogP contribution in [0.4, 0.5) is 5.69 Å². The second kappa shape index (κ2) is 7.09. The Morgan fingerprint density at radius 3 is 2.32 bits per heavy atom. The van der Waals surface area contributed by atoms with Gasteiger partial charge in [-0.3, -0.25) is 4.72 Å². The summed E-state index contributed by atoms with van der Waals surface area (Å²) < 4.78 is 33.3. The zero-order valence-corrected chi connectivity index (χ0v) is 16.3. The topological polar surface area (TPSA) is 85.1 Å². The molecule has 1 heterocycles. The Bertz CT molecular complexity index is 1230. The molecule has 0 aliphatic heterocycles. The molecular formula is C21H19N3O3S. The van der Waals surface area contributed by atoms with Crippen LogP contribution in [0.3, 0.4) is 0 Å². The molecule has 0 aliphatic carbocycles. The summed E-state index contributed by atoms with van der Waals surface area (Å²) in [6.45, 7) is 3.97. The van der Waals surface area contributed by atoms with Crippen LogP contribution in [-0.2, 0) is 10.0 Å². The van der Waals surface area contributed by atoms with E-state index in [1.54, 1.807) is 42.5 Å². The summed E-state index contributed by atoms with van der Waals surface area (Å²) in [6.07, 6.45) is 0. The van der Waals surface area contributed by atoms with Crippen LogP contribution >= 0.6 is 0 Å². The van der Waals surface area contributed by atoms with Crippen molar-refractivity contribution >= 4 is 26.5 Å². The Balaban J connectivity index is 1.57. The molecule has 4 rings (SSSR count). The van der Waals surface area contributed by atoms with Crippen LogP contribution in [0.1, 0.15) is 25.6 Å². The van der Waals surface area contributed by atoms with Crippen LogP contribution in [0, 0.1) is 0 Å². The predicted molar refractivity (Wildman–Crippen MR) is 109 cm³/mol. The monoisotopic (exact) mass is 393 g/mol. The number of nitrogens with zero attached hydrogens (tertiary/aromatic N) is 2. The van der Waals surface area contributed by atoms with E-state index in [2.05, 4.69) is 14.9 Å². The Hall–Kier alpha value is -3.19. The first-order valence-electron chi connectivity index (χ1n) is 8.88. The highest BCUT2D eigenvalue weighted by molar-refractivity contribution is 7.92. The first kappa shape index (κ1) is 18.2. The quantitative estimate of drug-likeness (QED) is 0.526. The number of benzene rings is 3. The molecular weight excluding hydrogens is 374 g/mol. The number of nitrogens with one attached hydrogen (secondary N) is 1. The van der Waals surface area contributed by atoms with Gasteiger partial charge < -0.3 is 4.52 Å². The van der Waals surface area contributed by atoms with Gasteiger partial charge in [0.1, 0.15) is 0 Å². The predicted octanol–water partition coefficient (Wildman–Crippen LogP) is 4.81. The van der Waals surface area contributed by atoms with E-state index in [-0.39, 0.29) is 10.8 Å². The third kappa shape index (κ3) is 3.61. The zero-order valence-electron chi connectivity index (χ0n) is 15.5. The van der Waals surface area contributed by atoms with Crippen molar-refractivity contribution in [2.24, 2.45) is 0 Å². The second-order valence-electron chi connectivity index (χ2n) is 6.80. The molecule has 0 radical (unpaired) electrons. The van der Waals surface area contributed by atoms with Crippen molar-refractivity contribution in [3.8, 4) is 11.5 Å². The van der Waals surface area contributed by atoms with Crippen molar-refractivity contribution in [3.05, 3.63) is 72.6 Å². The average Bonchev–Trinajstić information content (AvgIpc) is 3.18. The Morgan fingerprint density at radius 1 is 0.929 bits per heavy atom. The molecule has 0 bridgehead atoms. The van der Waals surface area contributed by atoms with Crippen LogP contribution in [0.5, 0.6) is 0 Å². The van der Waals surface area contributed by atoms with Crippen molar-refractivity contribution in [3.63, 3.8) is 0 Å². The maximum absolute atomic E-state index is 12.7. The molecule has 0 saturated carbocycles. The maximum Gasteiger partial charge on any atom is 0.261 e. The van der Waals surface area contributed by atoms with Gasteiger partial charge in [-0.05, 0) is 47.2 Å². The summed E-state index contributed by atoms with van der Waals surface area (Å²) in [5.74, 6) is 1.22. The lowest BCUT2D eigenvalue weighted by Crippen LogP contribution is -2.12. The van der Waals surface area contributed by atoms with Crippen molar-refractivity contribution in [2.45, 2.75) is 24.7 Å². The van der Waals surface area contributed by atoms with Crippen LogP contribution in [0.2, 0.25) is 0 Å². The summed E-state index contributed by atoms with van der Waals surface area (Å²) in [4.78, 5) is 4.56. The first-order chi connectivity index (χ1) is 13.4. The van der Waals surface area contributed by atoms with Gasteiger partial charge in [-0.2, -0.15) is 4.98 Å². The SMILES string of the molecule is CC(C)c1noc(-c2ccc(NS(=O)(=O)c3ccc4ccccc4c3)cc2)n1. The molecule has 6 nitrogen and oxygen atoms in total. The molecule has 0 atom stereocenters. The maximum atomic E-state index is 12.7. The van der Waals surface area contributed by atoms with Gasteiger partial charge >= 0.3 is 0 Å². The largest absolute Gasteiger partial charge is 0.334 e. The van der Waals surface area contributed by atoms with Gasteiger partial charge in [-0.1, -0.05) is 49.3 Å². The third-order valence-electron chi connectivity index (χ3n) is 4.37. The summed E-state index contributed by atoms with van der Waals surface area (Å²) in [5.41, 5.74) is 1.19. The summed E-state index contributed by atoms with van der Waals surface area (Å²) >= 11 is 0. The average molecular weight is 393 g/mol. The van der Waals surface area contributed by atoms with E-state index < -0.39 is 10.0 Å². The zero-order chi connectivity index (χ0) is 19.7. The molecule has 1 N–H and O–H groups in total. The van der Waals surface area contributed by atoms with Crippen LogP contribution in [-0.4, -0.2) is 18.6 Å². The lowest BCUT2D eigenvalue weighted by molar-refractivity contribution is 0.419. The molecule has 0 spiro atoms. The molecule has 1 aromatic heterocycles. The number of hydrogen-bond acceptors (Lipinski definition) is 5. The Morgan fingerprint density at radius 2 is 1.64 bits per heavy atom. The molecule has 28 heavy (non-hydrogen) atoms. The Labute approximate surface area is 163 Å². The summed E-state index contributed by atoms with van der Waals surface area (Å²) in [5, 5.41) is 5.81. The number of rotatable bonds is 5. The van der Waals surface area contributed by atoms with Gasteiger partial charge in [-0.25, -0.2) is 8.42 Å². The van der Waals surface area contributed by atoms with Gasteiger partial charge in [-0.15, -0.1) is 0 Å². The molecule has 4 aromatic rings. The van der Waals surface area contributed by atoms with Gasteiger partial charge in [0.15, 0.2) is 5.82 Å². The fraction of sp³-hybridized carbons (Fsp3) is 0.143. The van der Waals surface area contributed by atoms with E-state index >= 15 is 0 Å². The molecule has 142 valence electrons. The lowest BCUT2D eigenvalue weighted by Gasteiger charge is -2.09. The van der Waals surface area contributed by atoms with Crippen molar-refractivity contribution in [1.82, 2.24) is 10.1 Å². The number of aromatic nitrogens is 2. The highest BCUT2D eigenvalue weighted by Gasteiger charge is 2.16. The van der Waals surface area contributed by atoms with Crippen molar-refractivity contribution in [2.75, 3.05) is 4.72 Å². The number of sulfonamides is 1. The second-order valence-corrected chi connectivity index (χ2v) is 8.49. The van der Waals surface area contributed by atoms with Gasteiger partial charge in [0.2, 0.25) is 0 Å². The molecule has 0 saturated heterocycles. The summed E-state index contributed by atoms with van der Waals surface area (Å²) in [7, 11) is -3.69. The van der Waals surface area contributed by atoms with E-state index in [0.29, 0.717) is 17.4 Å². The number of anilines is 1. The van der Waals surface area contributed by atoms with E-state index in [0.717, 1.165) is 16.3 Å². The van der Waals surface area contributed by atoms with Gasteiger partial charge in [0.25, 0.3) is 15.9 Å². The minimum absolute atomic E-state index is 0.172. The van der Waals surface area contributed by atoms with E-state index in [1.165, 1.54) is 0 Å². The standard InChI is InChI=1S/C21H19N3O3S/c1-14(2)20-22-21(27-23-20)16-7-10-18(11-8-16)24-28(25,26)19-12-9-15-5-3-4-6-17(15)13-19/h3-14,24H,1-2H3. The smallest absolute Gasteiger partial charge is 0.261 e. The van der Waals surface area contributed by atoms with E-state index in [1.807, 2.05) is 38.1 Å². The third-order valence-corrected chi connectivity index (χ3v) is 5.75. The minimum Gasteiger partial charge on any atom is -0.334 e. The highest BCUT2D eigenvalue weighted by atomic mass is 32.2. The normalized spacial score (nSPS) is 11.8. The molecule has 0 aliphatic rings. The molecule has 0 amide bonds. The molecule has 3 aromatic carbocycles. The molecule has 0 unspecified atom stereocenters. The van der Waals surface area contributed by atoms with Crippen LogP contribution < -0.4 is 4.72 Å². The number of fused-ring (bicyclic) bond motifs is 1. The fourth-order valence-electron chi connectivity index (χ4n) is 2.82. The van der Waals surface area contributed by atoms with Crippen LogP contribution in [0.25, 0.3) is 22.2 Å². The van der Waals surface area contributed by atoms with Crippen molar-refractivity contribution < 1.29 is 12.9 Å². The van der Waals surface area contributed by atoms with E-state index in [4.69, 9.17) is 4.52 Å². The fourth-order valence-corrected chi connectivity index (χ4v) is 3.91.